The van der Waals surface area contributed by atoms with Crippen molar-refractivity contribution in [1.29, 1.82) is 0 Å². The zero-order chi connectivity index (χ0) is 12.4. The van der Waals surface area contributed by atoms with Gasteiger partial charge in [0.25, 0.3) is 0 Å². The minimum Gasteiger partial charge on any atom is -0.367 e. The van der Waals surface area contributed by atoms with E-state index in [0.29, 0.717) is 6.61 Å². The maximum absolute atomic E-state index is 5.85. The summed E-state index contributed by atoms with van der Waals surface area (Å²) in [5.74, 6) is 0. The monoisotopic (exact) mass is 240 g/mol. The molecule has 0 fully saturated rings. The lowest BCUT2D eigenvalue weighted by atomic mass is 9.95. The lowest BCUT2D eigenvalue weighted by molar-refractivity contribution is 0.0675. The molecule has 1 aromatic heterocycles. The summed E-state index contributed by atoms with van der Waals surface area (Å²) in [5.41, 5.74) is 5.08. The Kier molecular flexibility index (Phi) is 3.09. The molecular formula is C15H16N2O. The molecule has 0 aliphatic carbocycles. The van der Waals surface area contributed by atoms with Crippen molar-refractivity contribution < 1.29 is 4.74 Å². The third-order valence-corrected chi connectivity index (χ3v) is 3.37. The van der Waals surface area contributed by atoms with Crippen molar-refractivity contribution in [1.82, 2.24) is 10.3 Å². The maximum atomic E-state index is 5.85. The van der Waals surface area contributed by atoms with Crippen molar-refractivity contribution in [3.05, 3.63) is 53.9 Å². The first-order valence-corrected chi connectivity index (χ1v) is 6.18. The summed E-state index contributed by atoms with van der Waals surface area (Å²) in [6, 6.07) is 10.5. The van der Waals surface area contributed by atoms with E-state index in [1.807, 2.05) is 31.6 Å². The van der Waals surface area contributed by atoms with Crippen molar-refractivity contribution in [2.24, 2.45) is 0 Å². The molecule has 1 atom stereocenters. The van der Waals surface area contributed by atoms with E-state index in [1.54, 1.807) is 0 Å². The van der Waals surface area contributed by atoms with Crippen LogP contribution in [0.15, 0.2) is 42.7 Å². The predicted molar refractivity (Wildman–Crippen MR) is 71.1 cm³/mol. The second-order valence-electron chi connectivity index (χ2n) is 4.47. The minimum absolute atomic E-state index is 0.173. The third-order valence-electron chi connectivity index (χ3n) is 3.37. The number of pyridine rings is 1. The first kappa shape index (κ1) is 11.4. The summed E-state index contributed by atoms with van der Waals surface area (Å²) in [4.78, 5) is 4.07. The molecule has 0 saturated carbocycles. The number of hydrogen-bond donors (Lipinski definition) is 1. The summed E-state index contributed by atoms with van der Waals surface area (Å²) in [5, 5.41) is 3.17. The lowest BCUT2D eigenvalue weighted by Crippen LogP contribution is -2.16. The number of nitrogens with one attached hydrogen (secondary N) is 1. The van der Waals surface area contributed by atoms with Gasteiger partial charge in [-0.2, -0.15) is 0 Å². The molecule has 2 heterocycles. The predicted octanol–water partition coefficient (Wildman–Crippen LogP) is 2.54. The van der Waals surface area contributed by atoms with Gasteiger partial charge in [0.1, 0.15) is 0 Å². The molecule has 1 N–H and O–H groups in total. The van der Waals surface area contributed by atoms with E-state index >= 15 is 0 Å². The number of aromatic nitrogens is 1. The van der Waals surface area contributed by atoms with Gasteiger partial charge in [-0.25, -0.2) is 0 Å². The van der Waals surface area contributed by atoms with Crippen molar-refractivity contribution in [3.63, 3.8) is 0 Å². The highest BCUT2D eigenvalue weighted by molar-refractivity contribution is 5.69. The largest absolute Gasteiger partial charge is 0.367 e. The lowest BCUT2D eigenvalue weighted by Gasteiger charge is -2.11. The molecule has 0 amide bonds. The zero-order valence-electron chi connectivity index (χ0n) is 10.4. The molecule has 0 radical (unpaired) electrons. The van der Waals surface area contributed by atoms with Gasteiger partial charge in [-0.05, 0) is 41.4 Å². The Bertz CT molecular complexity index is 539. The number of ether oxygens (including phenoxy) is 1. The maximum Gasteiger partial charge on any atom is 0.0957 e. The molecule has 0 spiro atoms. The number of rotatable bonds is 3. The number of fused-ring (bicyclic) bond motifs is 1. The second kappa shape index (κ2) is 4.88. The van der Waals surface area contributed by atoms with E-state index < -0.39 is 0 Å². The van der Waals surface area contributed by atoms with E-state index in [4.69, 9.17) is 4.74 Å². The van der Waals surface area contributed by atoms with Crippen LogP contribution in [-0.4, -0.2) is 18.6 Å². The second-order valence-corrected chi connectivity index (χ2v) is 4.47. The quantitative estimate of drug-likeness (QED) is 0.895. The van der Waals surface area contributed by atoms with Gasteiger partial charge in [0.15, 0.2) is 0 Å². The molecular weight excluding hydrogens is 224 g/mol. The fraction of sp³-hybridized carbons (Fsp3) is 0.267. The Morgan fingerprint density at radius 1 is 1.28 bits per heavy atom. The minimum atomic E-state index is 0.173. The summed E-state index contributed by atoms with van der Waals surface area (Å²) in [6.45, 7) is 1.55. The highest BCUT2D eigenvalue weighted by Crippen LogP contribution is 2.36. The Labute approximate surface area is 107 Å². The summed E-state index contributed by atoms with van der Waals surface area (Å²) in [6.07, 6.45) is 3.83. The van der Waals surface area contributed by atoms with Gasteiger partial charge in [0.05, 0.1) is 12.7 Å². The van der Waals surface area contributed by atoms with Gasteiger partial charge in [-0.1, -0.05) is 18.2 Å². The van der Waals surface area contributed by atoms with Crippen molar-refractivity contribution >= 4 is 0 Å². The Hall–Kier alpha value is -1.71. The van der Waals surface area contributed by atoms with Gasteiger partial charge in [0.2, 0.25) is 0 Å². The molecule has 1 aliphatic rings. The number of hydrogen-bond acceptors (Lipinski definition) is 3. The van der Waals surface area contributed by atoms with Crippen LogP contribution in [0, 0.1) is 0 Å². The van der Waals surface area contributed by atoms with E-state index in [9.17, 15) is 0 Å². The average molecular weight is 240 g/mol. The Balaban J connectivity index is 2.04. The Morgan fingerprint density at radius 2 is 2.11 bits per heavy atom. The molecule has 1 aromatic carbocycles. The van der Waals surface area contributed by atoms with Crippen LogP contribution in [0.4, 0.5) is 0 Å². The standard InChI is InChI=1S/C15H16N2O/c1-16-9-15-13-4-2-3-12(14(13)10-18-15)11-5-7-17-8-6-11/h2-8,15-16H,9-10H2,1H3/t15-/m0/s1. The van der Waals surface area contributed by atoms with Crippen molar-refractivity contribution in [2.45, 2.75) is 12.7 Å². The molecule has 3 heteroatoms. The van der Waals surface area contributed by atoms with Crippen molar-refractivity contribution in [2.75, 3.05) is 13.6 Å². The van der Waals surface area contributed by atoms with E-state index in [2.05, 4.69) is 28.5 Å². The number of likely N-dealkylation sites (N-methyl/N-ethyl adjacent to an activating group) is 1. The van der Waals surface area contributed by atoms with Gasteiger partial charge in [0, 0.05) is 18.9 Å². The molecule has 1 aliphatic heterocycles. The number of benzene rings is 1. The first-order chi connectivity index (χ1) is 8.90. The topological polar surface area (TPSA) is 34.1 Å². The smallest absolute Gasteiger partial charge is 0.0957 e. The van der Waals surface area contributed by atoms with Crippen LogP contribution in [0.5, 0.6) is 0 Å². The molecule has 3 nitrogen and oxygen atoms in total. The average Bonchev–Trinajstić information content (AvgIpc) is 2.84. The van der Waals surface area contributed by atoms with Crippen LogP contribution in [0.25, 0.3) is 11.1 Å². The molecule has 0 saturated heterocycles. The number of nitrogens with zero attached hydrogens (tertiary/aromatic N) is 1. The van der Waals surface area contributed by atoms with E-state index in [1.165, 1.54) is 22.3 Å². The molecule has 0 unspecified atom stereocenters. The van der Waals surface area contributed by atoms with Gasteiger partial charge in [-0.3, -0.25) is 4.98 Å². The molecule has 0 bridgehead atoms. The summed E-state index contributed by atoms with van der Waals surface area (Å²) >= 11 is 0. The Morgan fingerprint density at radius 3 is 2.89 bits per heavy atom. The SMILES string of the molecule is CNC[C@@H]1OCc2c(-c3ccncc3)cccc21. The highest BCUT2D eigenvalue weighted by atomic mass is 16.5. The van der Waals surface area contributed by atoms with Crippen LogP contribution >= 0.6 is 0 Å². The normalized spacial score (nSPS) is 17.7. The molecule has 92 valence electrons. The van der Waals surface area contributed by atoms with Crippen LogP contribution in [0.1, 0.15) is 17.2 Å². The van der Waals surface area contributed by atoms with Crippen LogP contribution in [0.2, 0.25) is 0 Å². The van der Waals surface area contributed by atoms with E-state index in [-0.39, 0.29) is 6.10 Å². The summed E-state index contributed by atoms with van der Waals surface area (Å²) in [7, 11) is 1.95. The van der Waals surface area contributed by atoms with Crippen molar-refractivity contribution in [3.8, 4) is 11.1 Å². The van der Waals surface area contributed by atoms with E-state index in [0.717, 1.165) is 6.54 Å². The van der Waals surface area contributed by atoms with Gasteiger partial charge >= 0.3 is 0 Å². The summed E-state index contributed by atoms with van der Waals surface area (Å²) < 4.78 is 5.85. The molecule has 3 rings (SSSR count). The van der Waals surface area contributed by atoms with Crippen LogP contribution in [-0.2, 0) is 11.3 Å². The van der Waals surface area contributed by atoms with Gasteiger partial charge < -0.3 is 10.1 Å². The van der Waals surface area contributed by atoms with Crippen LogP contribution in [0.3, 0.4) is 0 Å². The fourth-order valence-electron chi connectivity index (χ4n) is 2.50. The highest BCUT2D eigenvalue weighted by Gasteiger charge is 2.24. The van der Waals surface area contributed by atoms with Gasteiger partial charge in [-0.15, -0.1) is 0 Å². The third kappa shape index (κ3) is 1.92. The fourth-order valence-corrected chi connectivity index (χ4v) is 2.50. The molecule has 2 aromatic rings. The zero-order valence-corrected chi connectivity index (χ0v) is 10.4. The molecule has 18 heavy (non-hydrogen) atoms. The van der Waals surface area contributed by atoms with Crippen LogP contribution < -0.4 is 5.32 Å². The first-order valence-electron chi connectivity index (χ1n) is 6.18.